The SMILES string of the molecule is CC(NC(=O)N1C(=O)C(Cc2ccnc(N)c2)C1C(=O)OCc1ccccc1)c1ccccc1. The number of nitrogens with zero attached hydrogens (tertiary/aromatic N) is 2. The van der Waals surface area contributed by atoms with E-state index in [9.17, 15) is 14.4 Å². The smallest absolute Gasteiger partial charge is 0.330 e. The summed E-state index contributed by atoms with van der Waals surface area (Å²) in [4.78, 5) is 44.0. The number of hydrogen-bond acceptors (Lipinski definition) is 6. The van der Waals surface area contributed by atoms with Gasteiger partial charge in [0.1, 0.15) is 12.4 Å². The number of amides is 3. The third-order valence-corrected chi connectivity index (χ3v) is 5.84. The second kappa shape index (κ2) is 10.2. The Hall–Kier alpha value is -4.20. The van der Waals surface area contributed by atoms with Gasteiger partial charge >= 0.3 is 12.0 Å². The van der Waals surface area contributed by atoms with Crippen molar-refractivity contribution < 1.29 is 19.1 Å². The fourth-order valence-electron chi connectivity index (χ4n) is 4.01. The standard InChI is InChI=1S/C26H26N4O4/c1-17(20-10-6-3-7-11-20)29-26(33)30-23(25(32)34-16-18-8-4-2-5-9-18)21(24(30)31)14-19-12-13-28-22(27)15-19/h2-13,15,17,21,23H,14,16H2,1H3,(H2,27,28)(H,29,33). The molecule has 1 fully saturated rings. The van der Waals surface area contributed by atoms with E-state index in [1.165, 1.54) is 0 Å². The van der Waals surface area contributed by atoms with Crippen molar-refractivity contribution in [1.82, 2.24) is 15.2 Å². The minimum Gasteiger partial charge on any atom is -0.459 e. The fraction of sp³-hybridized carbons (Fsp3) is 0.231. The predicted octanol–water partition coefficient (Wildman–Crippen LogP) is 3.25. The Morgan fingerprint density at radius 2 is 1.74 bits per heavy atom. The molecule has 0 saturated carbocycles. The first kappa shape index (κ1) is 23.0. The molecule has 4 rings (SSSR count). The van der Waals surface area contributed by atoms with Crippen LogP contribution in [0, 0.1) is 5.92 Å². The van der Waals surface area contributed by atoms with Crippen molar-refractivity contribution in [3.63, 3.8) is 0 Å². The highest BCUT2D eigenvalue weighted by atomic mass is 16.5. The number of carbonyl (C=O) groups excluding carboxylic acids is 3. The Kier molecular flexibility index (Phi) is 6.87. The Balaban J connectivity index is 1.50. The topological polar surface area (TPSA) is 115 Å². The first-order chi connectivity index (χ1) is 16.4. The van der Waals surface area contributed by atoms with Crippen LogP contribution < -0.4 is 11.1 Å². The third-order valence-electron chi connectivity index (χ3n) is 5.84. The van der Waals surface area contributed by atoms with Crippen LogP contribution in [0.25, 0.3) is 0 Å². The van der Waals surface area contributed by atoms with E-state index in [0.29, 0.717) is 5.82 Å². The normalized spacial score (nSPS) is 18.0. The van der Waals surface area contributed by atoms with E-state index in [1.54, 1.807) is 18.3 Å². The van der Waals surface area contributed by atoms with Crippen LogP contribution in [0.2, 0.25) is 0 Å². The third kappa shape index (κ3) is 5.06. The number of anilines is 1. The Bertz CT molecular complexity index is 1170. The molecule has 3 atom stereocenters. The maximum absolute atomic E-state index is 13.0. The van der Waals surface area contributed by atoms with Gasteiger partial charge in [0.15, 0.2) is 6.04 Å². The Morgan fingerprint density at radius 1 is 1.06 bits per heavy atom. The zero-order valence-electron chi connectivity index (χ0n) is 18.8. The van der Waals surface area contributed by atoms with E-state index in [1.807, 2.05) is 67.6 Å². The summed E-state index contributed by atoms with van der Waals surface area (Å²) >= 11 is 0. The van der Waals surface area contributed by atoms with E-state index in [-0.39, 0.29) is 19.1 Å². The molecule has 0 aliphatic carbocycles. The number of nitrogen functional groups attached to an aromatic ring is 1. The van der Waals surface area contributed by atoms with Gasteiger partial charge in [-0.2, -0.15) is 0 Å². The number of β-lactam (4-membered cyclic amide) rings is 1. The number of hydrogen-bond donors (Lipinski definition) is 2. The highest BCUT2D eigenvalue weighted by molar-refractivity contribution is 6.08. The fourth-order valence-corrected chi connectivity index (χ4v) is 4.01. The zero-order valence-corrected chi connectivity index (χ0v) is 18.8. The molecule has 2 heterocycles. The van der Waals surface area contributed by atoms with Gasteiger partial charge in [-0.15, -0.1) is 0 Å². The number of pyridine rings is 1. The lowest BCUT2D eigenvalue weighted by atomic mass is 9.82. The number of likely N-dealkylation sites (tertiary alicyclic amines) is 1. The van der Waals surface area contributed by atoms with Gasteiger partial charge in [-0.3, -0.25) is 4.79 Å². The van der Waals surface area contributed by atoms with Crippen molar-refractivity contribution in [2.45, 2.75) is 32.0 Å². The first-order valence-corrected chi connectivity index (χ1v) is 11.0. The molecule has 174 valence electrons. The average Bonchev–Trinajstić information content (AvgIpc) is 2.85. The lowest BCUT2D eigenvalue weighted by Crippen LogP contribution is -2.69. The minimum absolute atomic E-state index is 0.0508. The molecule has 1 aromatic heterocycles. The van der Waals surface area contributed by atoms with Crippen LogP contribution in [0.1, 0.15) is 29.7 Å². The number of ether oxygens (including phenoxy) is 1. The van der Waals surface area contributed by atoms with Crippen molar-refractivity contribution >= 4 is 23.7 Å². The molecular weight excluding hydrogens is 432 g/mol. The number of aromatic nitrogens is 1. The highest BCUT2D eigenvalue weighted by Crippen LogP contribution is 2.32. The molecule has 8 nitrogen and oxygen atoms in total. The van der Waals surface area contributed by atoms with Gasteiger partial charge in [0.05, 0.1) is 12.0 Å². The molecule has 3 N–H and O–H groups in total. The summed E-state index contributed by atoms with van der Waals surface area (Å²) in [6, 6.07) is 20.0. The zero-order chi connectivity index (χ0) is 24.1. The van der Waals surface area contributed by atoms with Gasteiger partial charge in [-0.25, -0.2) is 19.5 Å². The second-order valence-electron chi connectivity index (χ2n) is 8.23. The summed E-state index contributed by atoms with van der Waals surface area (Å²) in [5, 5.41) is 2.81. The lowest BCUT2D eigenvalue weighted by molar-refractivity contribution is -0.170. The number of imide groups is 1. The number of rotatable bonds is 7. The molecule has 3 unspecified atom stereocenters. The predicted molar refractivity (Wildman–Crippen MR) is 126 cm³/mol. The van der Waals surface area contributed by atoms with Crippen LogP contribution in [0.4, 0.5) is 10.6 Å². The van der Waals surface area contributed by atoms with Crippen LogP contribution in [-0.4, -0.2) is 33.8 Å². The first-order valence-electron chi connectivity index (χ1n) is 11.0. The van der Waals surface area contributed by atoms with Crippen LogP contribution in [0.5, 0.6) is 0 Å². The molecule has 2 aromatic carbocycles. The van der Waals surface area contributed by atoms with Gasteiger partial charge in [0.25, 0.3) is 0 Å². The summed E-state index contributed by atoms with van der Waals surface area (Å²) in [7, 11) is 0. The summed E-state index contributed by atoms with van der Waals surface area (Å²) < 4.78 is 5.49. The van der Waals surface area contributed by atoms with Gasteiger partial charge < -0.3 is 15.8 Å². The summed E-state index contributed by atoms with van der Waals surface area (Å²) in [6.07, 6.45) is 1.79. The molecule has 1 aliphatic heterocycles. The van der Waals surface area contributed by atoms with Crippen LogP contribution in [0.3, 0.4) is 0 Å². The molecule has 3 aromatic rings. The molecule has 34 heavy (non-hydrogen) atoms. The molecule has 1 saturated heterocycles. The number of urea groups is 1. The van der Waals surface area contributed by atoms with Crippen LogP contribution in [-0.2, 0) is 27.4 Å². The van der Waals surface area contributed by atoms with Gasteiger partial charge in [-0.05, 0) is 42.2 Å². The molecule has 0 spiro atoms. The van der Waals surface area contributed by atoms with Crippen molar-refractivity contribution in [3.8, 4) is 0 Å². The van der Waals surface area contributed by atoms with E-state index >= 15 is 0 Å². The highest BCUT2D eigenvalue weighted by Gasteiger charge is 2.55. The van der Waals surface area contributed by atoms with E-state index in [4.69, 9.17) is 10.5 Å². The van der Waals surface area contributed by atoms with Gasteiger partial charge in [0, 0.05) is 6.20 Å². The van der Waals surface area contributed by atoms with Crippen molar-refractivity contribution in [2.24, 2.45) is 5.92 Å². The van der Waals surface area contributed by atoms with Crippen LogP contribution >= 0.6 is 0 Å². The number of esters is 1. The maximum atomic E-state index is 13.0. The summed E-state index contributed by atoms with van der Waals surface area (Å²) in [6.45, 7) is 1.87. The number of nitrogens with two attached hydrogens (primary N) is 1. The summed E-state index contributed by atoms with van der Waals surface area (Å²) in [5.74, 6) is -1.48. The maximum Gasteiger partial charge on any atom is 0.330 e. The van der Waals surface area contributed by atoms with Crippen molar-refractivity contribution in [1.29, 1.82) is 0 Å². The number of carbonyl (C=O) groups is 3. The minimum atomic E-state index is -1.03. The molecule has 0 bridgehead atoms. The average molecular weight is 459 g/mol. The second-order valence-corrected chi connectivity index (χ2v) is 8.23. The van der Waals surface area contributed by atoms with E-state index in [0.717, 1.165) is 21.6 Å². The van der Waals surface area contributed by atoms with Gasteiger partial charge in [0.2, 0.25) is 5.91 Å². The Labute approximate surface area is 197 Å². The molecule has 1 aliphatic rings. The molecule has 0 radical (unpaired) electrons. The van der Waals surface area contributed by atoms with E-state index < -0.39 is 29.9 Å². The number of benzene rings is 2. The number of nitrogens with one attached hydrogen (secondary N) is 1. The largest absolute Gasteiger partial charge is 0.459 e. The van der Waals surface area contributed by atoms with E-state index in [2.05, 4.69) is 10.3 Å². The van der Waals surface area contributed by atoms with Crippen molar-refractivity contribution in [3.05, 3.63) is 95.7 Å². The molecule has 3 amide bonds. The quantitative estimate of drug-likeness (QED) is 0.415. The Morgan fingerprint density at radius 3 is 2.41 bits per heavy atom. The van der Waals surface area contributed by atoms with Crippen molar-refractivity contribution in [2.75, 3.05) is 5.73 Å². The summed E-state index contributed by atoms with van der Waals surface area (Å²) in [5.41, 5.74) is 8.21. The van der Waals surface area contributed by atoms with Crippen LogP contribution in [0.15, 0.2) is 79.0 Å². The monoisotopic (exact) mass is 458 g/mol. The van der Waals surface area contributed by atoms with Gasteiger partial charge in [-0.1, -0.05) is 60.7 Å². The molecular formula is C26H26N4O4. The lowest BCUT2D eigenvalue weighted by Gasteiger charge is -2.44. The molecule has 8 heteroatoms.